The molecule has 4 rings (SSSR count). The summed E-state index contributed by atoms with van der Waals surface area (Å²) in [5, 5.41) is 11.2. The highest BCUT2D eigenvalue weighted by Gasteiger charge is 2.50. The lowest BCUT2D eigenvalue weighted by Crippen LogP contribution is -2.56. The van der Waals surface area contributed by atoms with Crippen LogP contribution in [-0.4, -0.2) is 42.1 Å². The molecule has 0 spiro atoms. The van der Waals surface area contributed by atoms with E-state index in [0.29, 0.717) is 18.7 Å². The Kier molecular flexibility index (Phi) is 3.79. The summed E-state index contributed by atoms with van der Waals surface area (Å²) >= 11 is 0. The molecule has 1 amide bonds. The lowest BCUT2D eigenvalue weighted by atomic mass is 9.66. The van der Waals surface area contributed by atoms with Crippen LogP contribution in [0.1, 0.15) is 43.7 Å². The molecule has 1 aliphatic carbocycles. The van der Waals surface area contributed by atoms with Crippen LogP contribution >= 0.6 is 0 Å². The fourth-order valence-electron chi connectivity index (χ4n) is 4.51. The average Bonchev–Trinajstić information content (AvgIpc) is 3.07. The van der Waals surface area contributed by atoms with Gasteiger partial charge in [0.1, 0.15) is 0 Å². The zero-order valence-electron chi connectivity index (χ0n) is 13.9. The summed E-state index contributed by atoms with van der Waals surface area (Å²) in [7, 11) is 1.40. The van der Waals surface area contributed by atoms with Crippen molar-refractivity contribution in [2.24, 2.45) is 5.92 Å². The molecule has 24 heavy (non-hydrogen) atoms. The van der Waals surface area contributed by atoms with Gasteiger partial charge in [-0.15, -0.1) is 0 Å². The van der Waals surface area contributed by atoms with E-state index >= 15 is 0 Å². The molecule has 1 aromatic rings. The quantitative estimate of drug-likeness (QED) is 0.856. The second-order valence-corrected chi connectivity index (χ2v) is 6.93. The van der Waals surface area contributed by atoms with Crippen molar-refractivity contribution >= 4 is 6.09 Å². The van der Waals surface area contributed by atoms with Crippen LogP contribution in [0.3, 0.4) is 0 Å². The second kappa shape index (κ2) is 5.84. The van der Waals surface area contributed by atoms with Gasteiger partial charge in [-0.2, -0.15) is 0 Å². The number of nitrogens with zero attached hydrogens (tertiary/aromatic N) is 1. The lowest BCUT2D eigenvalue weighted by Gasteiger charge is -2.52. The van der Waals surface area contributed by atoms with Crippen LogP contribution in [0.5, 0.6) is 11.5 Å². The van der Waals surface area contributed by atoms with Gasteiger partial charge < -0.3 is 24.2 Å². The molecule has 0 radical (unpaired) electrons. The van der Waals surface area contributed by atoms with Gasteiger partial charge in [0.05, 0.1) is 18.8 Å². The van der Waals surface area contributed by atoms with E-state index in [1.807, 2.05) is 18.2 Å². The highest BCUT2D eigenvalue weighted by molar-refractivity contribution is 5.68. The molecule has 3 aliphatic rings. The Morgan fingerprint density at radius 1 is 1.29 bits per heavy atom. The van der Waals surface area contributed by atoms with Crippen molar-refractivity contribution in [3.05, 3.63) is 23.8 Å². The minimum absolute atomic E-state index is 0.0134. The van der Waals surface area contributed by atoms with E-state index in [9.17, 15) is 9.90 Å². The van der Waals surface area contributed by atoms with Gasteiger partial charge in [-0.1, -0.05) is 18.9 Å². The average molecular weight is 333 g/mol. The second-order valence-electron chi connectivity index (χ2n) is 6.93. The normalized spacial score (nSPS) is 31.5. The van der Waals surface area contributed by atoms with Crippen molar-refractivity contribution < 1.29 is 24.1 Å². The SMILES string of the molecule is COC(=O)N1CC[C@]2(O)CCCCC2C1c1ccc2c(c1)OCO2. The number of carbonyl (C=O) groups is 1. The molecule has 2 heterocycles. The van der Waals surface area contributed by atoms with E-state index in [0.717, 1.165) is 37.0 Å². The Hall–Kier alpha value is -1.95. The van der Waals surface area contributed by atoms with Crippen molar-refractivity contribution in [1.29, 1.82) is 0 Å². The Bertz CT molecular complexity index is 648. The molecule has 0 aromatic heterocycles. The number of hydrogen-bond acceptors (Lipinski definition) is 5. The third-order valence-corrected chi connectivity index (χ3v) is 5.71. The summed E-state index contributed by atoms with van der Waals surface area (Å²) in [5.41, 5.74) is 0.263. The number of piperidine rings is 1. The molecule has 6 heteroatoms. The first-order valence-electron chi connectivity index (χ1n) is 8.59. The van der Waals surface area contributed by atoms with Gasteiger partial charge in [0.25, 0.3) is 0 Å². The van der Waals surface area contributed by atoms with E-state index in [1.54, 1.807) is 4.90 Å². The number of methoxy groups -OCH3 is 1. The lowest BCUT2D eigenvalue weighted by molar-refractivity contribution is -0.117. The number of aliphatic hydroxyl groups is 1. The van der Waals surface area contributed by atoms with Gasteiger partial charge in [0.15, 0.2) is 11.5 Å². The first-order valence-corrected chi connectivity index (χ1v) is 8.59. The maximum absolute atomic E-state index is 12.3. The number of rotatable bonds is 1. The minimum atomic E-state index is -0.705. The molecule has 2 unspecified atom stereocenters. The molecule has 1 saturated heterocycles. The van der Waals surface area contributed by atoms with Crippen LogP contribution in [0.2, 0.25) is 0 Å². The number of likely N-dealkylation sites (tertiary alicyclic amines) is 1. The summed E-state index contributed by atoms with van der Waals surface area (Å²) < 4.78 is 15.9. The van der Waals surface area contributed by atoms with Crippen molar-refractivity contribution in [3.8, 4) is 11.5 Å². The van der Waals surface area contributed by atoms with E-state index in [-0.39, 0.29) is 24.8 Å². The molecule has 6 nitrogen and oxygen atoms in total. The number of amides is 1. The van der Waals surface area contributed by atoms with Crippen molar-refractivity contribution in [1.82, 2.24) is 4.90 Å². The van der Waals surface area contributed by atoms with Crippen molar-refractivity contribution in [2.45, 2.75) is 43.7 Å². The van der Waals surface area contributed by atoms with Crippen LogP contribution in [0.15, 0.2) is 18.2 Å². The maximum Gasteiger partial charge on any atom is 0.410 e. The highest BCUT2D eigenvalue weighted by Crippen LogP contribution is 2.50. The standard InChI is InChI=1S/C18H23NO5/c1-22-17(20)19-9-8-18(21)7-3-2-4-13(18)16(19)12-5-6-14-15(10-12)24-11-23-14/h5-6,10,13,16,21H,2-4,7-9,11H2,1H3/t13?,16?,18-/m1/s1. The molecule has 1 saturated carbocycles. The van der Waals surface area contributed by atoms with Crippen LogP contribution in [0, 0.1) is 5.92 Å². The van der Waals surface area contributed by atoms with Crippen LogP contribution < -0.4 is 9.47 Å². The maximum atomic E-state index is 12.3. The molecule has 3 atom stereocenters. The van der Waals surface area contributed by atoms with Gasteiger partial charge in [-0.3, -0.25) is 0 Å². The van der Waals surface area contributed by atoms with Crippen molar-refractivity contribution in [3.63, 3.8) is 0 Å². The van der Waals surface area contributed by atoms with E-state index in [1.165, 1.54) is 7.11 Å². The number of benzene rings is 1. The van der Waals surface area contributed by atoms with E-state index < -0.39 is 5.60 Å². The van der Waals surface area contributed by atoms with Crippen molar-refractivity contribution in [2.75, 3.05) is 20.4 Å². The van der Waals surface area contributed by atoms with E-state index in [4.69, 9.17) is 14.2 Å². The molecular weight excluding hydrogens is 310 g/mol. The van der Waals surface area contributed by atoms with Gasteiger partial charge in [0.2, 0.25) is 6.79 Å². The summed E-state index contributed by atoms with van der Waals surface area (Å²) in [6.07, 6.45) is 4.08. The molecule has 1 N–H and O–H groups in total. The zero-order chi connectivity index (χ0) is 16.7. The van der Waals surface area contributed by atoms with Gasteiger partial charge in [-0.25, -0.2) is 4.79 Å². The number of hydrogen-bond donors (Lipinski definition) is 1. The first kappa shape index (κ1) is 15.6. The van der Waals surface area contributed by atoms with Crippen LogP contribution in [0.25, 0.3) is 0 Å². The molecule has 1 aromatic carbocycles. The van der Waals surface area contributed by atoms with Crippen LogP contribution in [-0.2, 0) is 4.74 Å². The summed E-state index contributed by atoms with van der Waals surface area (Å²) in [6, 6.07) is 5.58. The first-order chi connectivity index (χ1) is 11.6. The van der Waals surface area contributed by atoms with Gasteiger partial charge in [0, 0.05) is 12.5 Å². The Morgan fingerprint density at radius 3 is 2.96 bits per heavy atom. The van der Waals surface area contributed by atoms with E-state index in [2.05, 4.69) is 0 Å². The fourth-order valence-corrected chi connectivity index (χ4v) is 4.51. The largest absolute Gasteiger partial charge is 0.454 e. The predicted octanol–water partition coefficient (Wildman–Crippen LogP) is 2.85. The third kappa shape index (κ3) is 2.40. The molecule has 2 aliphatic heterocycles. The topological polar surface area (TPSA) is 68.2 Å². The Morgan fingerprint density at radius 2 is 2.12 bits per heavy atom. The summed E-state index contributed by atoms with van der Waals surface area (Å²) in [5.74, 6) is 1.43. The van der Waals surface area contributed by atoms with Gasteiger partial charge >= 0.3 is 6.09 Å². The monoisotopic (exact) mass is 333 g/mol. The number of carbonyl (C=O) groups excluding carboxylic acids is 1. The summed E-state index contributed by atoms with van der Waals surface area (Å²) in [4.78, 5) is 14.1. The number of fused-ring (bicyclic) bond motifs is 2. The molecular formula is C18H23NO5. The van der Waals surface area contributed by atoms with Crippen LogP contribution in [0.4, 0.5) is 4.79 Å². The predicted molar refractivity (Wildman–Crippen MR) is 85.9 cm³/mol. The van der Waals surface area contributed by atoms with Gasteiger partial charge in [-0.05, 0) is 37.0 Å². The zero-order valence-corrected chi connectivity index (χ0v) is 13.9. The minimum Gasteiger partial charge on any atom is -0.454 e. The molecule has 2 fully saturated rings. The third-order valence-electron chi connectivity index (χ3n) is 5.71. The Balaban J connectivity index is 1.74. The fraction of sp³-hybridized carbons (Fsp3) is 0.611. The highest BCUT2D eigenvalue weighted by atomic mass is 16.7. The molecule has 0 bridgehead atoms. The smallest absolute Gasteiger partial charge is 0.410 e. The molecule has 130 valence electrons. The summed E-state index contributed by atoms with van der Waals surface area (Å²) in [6.45, 7) is 0.719. The Labute approximate surface area is 141 Å². The number of ether oxygens (including phenoxy) is 3.